The second-order valence-electron chi connectivity index (χ2n) is 5.15. The Kier molecular flexibility index (Phi) is 4.51. The lowest BCUT2D eigenvalue weighted by Gasteiger charge is -2.10. The van der Waals surface area contributed by atoms with Crippen molar-refractivity contribution in [1.82, 2.24) is 10.2 Å². The van der Waals surface area contributed by atoms with Crippen molar-refractivity contribution in [3.05, 3.63) is 60.3 Å². The normalized spacial score (nSPS) is 11.3. The summed E-state index contributed by atoms with van der Waals surface area (Å²) in [6.07, 6.45) is -2.84. The van der Waals surface area contributed by atoms with Gasteiger partial charge >= 0.3 is 6.18 Å². The van der Waals surface area contributed by atoms with Crippen LogP contribution >= 0.6 is 0 Å². The van der Waals surface area contributed by atoms with Gasteiger partial charge < -0.3 is 10.1 Å². The lowest BCUT2D eigenvalue weighted by atomic mass is 10.2. The minimum Gasteiger partial charge on any atom is -0.466 e. The molecular weight excluding hydrogens is 335 g/mol. The number of nitrogens with one attached hydrogen (secondary N) is 1. The van der Waals surface area contributed by atoms with Crippen LogP contribution in [-0.2, 0) is 11.0 Å². The van der Waals surface area contributed by atoms with E-state index in [-0.39, 0.29) is 18.2 Å². The predicted octanol–water partition coefficient (Wildman–Crippen LogP) is 3.67. The topological polar surface area (TPSA) is 64.1 Å². The first-order valence-corrected chi connectivity index (χ1v) is 7.24. The van der Waals surface area contributed by atoms with E-state index in [1.54, 1.807) is 18.3 Å². The first-order valence-electron chi connectivity index (χ1n) is 7.24. The first-order chi connectivity index (χ1) is 11.9. The van der Waals surface area contributed by atoms with Gasteiger partial charge in [-0.15, -0.1) is 5.10 Å². The zero-order chi connectivity index (χ0) is 17.9. The molecule has 8 heteroatoms. The summed E-state index contributed by atoms with van der Waals surface area (Å²) in [6.45, 7) is -0.344. The molecular formula is C17H12F3N3O2. The summed E-state index contributed by atoms with van der Waals surface area (Å²) in [6, 6.07) is 11.4. The number of ether oxygens (including phenoxy) is 1. The fourth-order valence-electron chi connectivity index (χ4n) is 2.18. The van der Waals surface area contributed by atoms with E-state index in [4.69, 9.17) is 4.74 Å². The van der Waals surface area contributed by atoms with E-state index in [9.17, 15) is 18.0 Å². The fraction of sp³-hybridized carbons (Fsp3) is 0.118. The molecule has 0 radical (unpaired) electrons. The van der Waals surface area contributed by atoms with Gasteiger partial charge in [-0.05, 0) is 30.3 Å². The Balaban J connectivity index is 1.63. The highest BCUT2D eigenvalue weighted by Gasteiger charge is 2.29. The second-order valence-corrected chi connectivity index (χ2v) is 5.15. The Labute approximate surface area is 140 Å². The lowest BCUT2D eigenvalue weighted by molar-refractivity contribution is -0.137. The van der Waals surface area contributed by atoms with Crippen molar-refractivity contribution in [3.63, 3.8) is 0 Å². The number of carbonyl (C=O) groups excluding carboxylic acids is 1. The molecule has 0 spiro atoms. The number of fused-ring (bicyclic) bond motifs is 1. The number of aromatic nitrogens is 2. The van der Waals surface area contributed by atoms with Crippen molar-refractivity contribution >= 4 is 22.4 Å². The van der Waals surface area contributed by atoms with Crippen molar-refractivity contribution in [2.45, 2.75) is 6.18 Å². The van der Waals surface area contributed by atoms with E-state index in [0.29, 0.717) is 5.39 Å². The third-order valence-corrected chi connectivity index (χ3v) is 3.37. The van der Waals surface area contributed by atoms with Crippen LogP contribution in [0.1, 0.15) is 5.56 Å². The average Bonchev–Trinajstić information content (AvgIpc) is 2.59. The van der Waals surface area contributed by atoms with Crippen LogP contribution in [-0.4, -0.2) is 22.7 Å². The van der Waals surface area contributed by atoms with Crippen LogP contribution in [0.15, 0.2) is 54.7 Å². The minimum absolute atomic E-state index is 0.209. The highest BCUT2D eigenvalue weighted by Crippen LogP contribution is 2.29. The second kappa shape index (κ2) is 6.76. The van der Waals surface area contributed by atoms with Crippen LogP contribution in [0.5, 0.6) is 5.88 Å². The Morgan fingerprint density at radius 2 is 1.80 bits per heavy atom. The molecule has 0 bridgehead atoms. The van der Waals surface area contributed by atoms with E-state index >= 15 is 0 Å². The number of halogens is 3. The fourth-order valence-corrected chi connectivity index (χ4v) is 2.18. The third-order valence-electron chi connectivity index (χ3n) is 3.37. The summed E-state index contributed by atoms with van der Waals surface area (Å²) in [7, 11) is 0. The van der Waals surface area contributed by atoms with Gasteiger partial charge in [0.2, 0.25) is 5.88 Å². The van der Waals surface area contributed by atoms with Crippen LogP contribution in [0.4, 0.5) is 18.9 Å². The molecule has 0 atom stereocenters. The SMILES string of the molecule is O=C(COc1nncc2ccccc12)Nc1ccc(C(F)(F)F)cc1. The minimum atomic E-state index is -4.42. The number of nitrogens with zero attached hydrogens (tertiary/aromatic N) is 2. The maximum atomic E-state index is 12.5. The van der Waals surface area contributed by atoms with Gasteiger partial charge in [-0.25, -0.2) is 0 Å². The molecule has 5 nitrogen and oxygen atoms in total. The van der Waals surface area contributed by atoms with E-state index in [2.05, 4.69) is 15.5 Å². The summed E-state index contributed by atoms with van der Waals surface area (Å²) >= 11 is 0. The molecule has 1 heterocycles. The Bertz CT molecular complexity index is 890. The van der Waals surface area contributed by atoms with E-state index in [1.165, 1.54) is 12.1 Å². The van der Waals surface area contributed by atoms with Gasteiger partial charge in [-0.2, -0.15) is 18.3 Å². The number of alkyl halides is 3. The number of anilines is 1. The van der Waals surface area contributed by atoms with Gasteiger partial charge in [-0.1, -0.05) is 18.2 Å². The van der Waals surface area contributed by atoms with Crippen LogP contribution < -0.4 is 10.1 Å². The summed E-state index contributed by atoms with van der Waals surface area (Å²) in [5.41, 5.74) is -0.543. The molecule has 0 unspecified atom stereocenters. The number of amides is 1. The molecule has 1 amide bonds. The zero-order valence-corrected chi connectivity index (χ0v) is 12.7. The maximum Gasteiger partial charge on any atom is 0.416 e. The highest BCUT2D eigenvalue weighted by atomic mass is 19.4. The van der Waals surface area contributed by atoms with Crippen LogP contribution in [0.2, 0.25) is 0 Å². The molecule has 0 fully saturated rings. The van der Waals surface area contributed by atoms with E-state index < -0.39 is 17.6 Å². The van der Waals surface area contributed by atoms with Gasteiger partial charge in [0.1, 0.15) is 0 Å². The lowest BCUT2D eigenvalue weighted by Crippen LogP contribution is -2.20. The van der Waals surface area contributed by atoms with Gasteiger partial charge in [0.05, 0.1) is 11.8 Å². The number of carbonyl (C=O) groups is 1. The molecule has 0 saturated heterocycles. The quantitative estimate of drug-likeness (QED) is 0.782. The smallest absolute Gasteiger partial charge is 0.416 e. The van der Waals surface area contributed by atoms with E-state index in [1.807, 2.05) is 12.1 Å². The Hall–Kier alpha value is -3.16. The monoisotopic (exact) mass is 347 g/mol. The van der Waals surface area contributed by atoms with Crippen LogP contribution in [0.25, 0.3) is 10.8 Å². The Morgan fingerprint density at radius 3 is 2.52 bits per heavy atom. The largest absolute Gasteiger partial charge is 0.466 e. The van der Waals surface area contributed by atoms with Crippen molar-refractivity contribution in [2.75, 3.05) is 11.9 Å². The number of hydrogen-bond donors (Lipinski definition) is 1. The summed E-state index contributed by atoms with van der Waals surface area (Å²) in [5.74, 6) is -0.310. The van der Waals surface area contributed by atoms with Crippen molar-refractivity contribution in [1.29, 1.82) is 0 Å². The molecule has 3 aromatic rings. The summed E-state index contributed by atoms with van der Waals surface area (Å²) in [5, 5.41) is 11.6. The summed E-state index contributed by atoms with van der Waals surface area (Å²) < 4.78 is 42.9. The zero-order valence-electron chi connectivity index (χ0n) is 12.7. The van der Waals surface area contributed by atoms with Crippen LogP contribution in [0.3, 0.4) is 0 Å². The van der Waals surface area contributed by atoms with Crippen LogP contribution in [0, 0.1) is 0 Å². The number of rotatable bonds is 4. The first kappa shape index (κ1) is 16.7. The summed E-state index contributed by atoms with van der Waals surface area (Å²) in [4.78, 5) is 11.9. The standard InChI is InChI=1S/C17H12F3N3O2/c18-17(19,20)12-5-7-13(8-6-12)22-15(24)10-25-16-14-4-2-1-3-11(14)9-21-23-16/h1-9H,10H2,(H,22,24). The molecule has 3 rings (SSSR count). The van der Waals surface area contributed by atoms with Gasteiger partial charge in [0.15, 0.2) is 6.61 Å². The maximum absolute atomic E-state index is 12.5. The predicted molar refractivity (Wildman–Crippen MR) is 85.1 cm³/mol. The van der Waals surface area contributed by atoms with Gasteiger partial charge in [-0.3, -0.25) is 4.79 Å². The van der Waals surface area contributed by atoms with Gasteiger partial charge in [0, 0.05) is 16.5 Å². The highest BCUT2D eigenvalue weighted by molar-refractivity contribution is 5.92. The molecule has 1 aromatic heterocycles. The van der Waals surface area contributed by atoms with E-state index in [0.717, 1.165) is 17.5 Å². The average molecular weight is 347 g/mol. The van der Waals surface area contributed by atoms with Gasteiger partial charge in [0.25, 0.3) is 5.91 Å². The van der Waals surface area contributed by atoms with Crippen molar-refractivity contribution in [3.8, 4) is 5.88 Å². The molecule has 128 valence electrons. The Morgan fingerprint density at radius 1 is 1.08 bits per heavy atom. The molecule has 2 aromatic carbocycles. The van der Waals surface area contributed by atoms with Crippen molar-refractivity contribution < 1.29 is 22.7 Å². The molecule has 25 heavy (non-hydrogen) atoms. The molecule has 0 aliphatic rings. The number of benzene rings is 2. The third kappa shape index (κ3) is 4.03. The molecule has 0 aliphatic heterocycles. The molecule has 1 N–H and O–H groups in total. The van der Waals surface area contributed by atoms with Crippen molar-refractivity contribution in [2.24, 2.45) is 0 Å². The molecule has 0 saturated carbocycles. The number of hydrogen-bond acceptors (Lipinski definition) is 4. The molecule has 0 aliphatic carbocycles.